The first-order chi connectivity index (χ1) is 11.3. The second-order valence-corrected chi connectivity index (χ2v) is 9.27. The lowest BCUT2D eigenvalue weighted by atomic mass is 10.1. The monoisotopic (exact) mass is 390 g/mol. The summed E-state index contributed by atoms with van der Waals surface area (Å²) in [5.41, 5.74) is -0.602. The van der Waals surface area contributed by atoms with E-state index in [1.54, 1.807) is 20.8 Å². The van der Waals surface area contributed by atoms with Gasteiger partial charge in [0.2, 0.25) is 10.0 Å². The standard InChI is InChI=1S/C16H23ClN2O5S/c1-10(14(20)18-16(2,3)4)24-15(21)12-9-11(7-8-13(12)17)25(22,23)19(5)6/h7-10H,1-6H3,(H,18,20)/t10-/m1/s1. The van der Waals surface area contributed by atoms with Gasteiger partial charge in [0.15, 0.2) is 6.10 Å². The number of rotatable bonds is 5. The van der Waals surface area contributed by atoms with Crippen LogP contribution in [0.2, 0.25) is 5.02 Å². The van der Waals surface area contributed by atoms with Crippen molar-refractivity contribution < 1.29 is 22.7 Å². The van der Waals surface area contributed by atoms with Crippen molar-refractivity contribution >= 4 is 33.5 Å². The van der Waals surface area contributed by atoms with Crippen molar-refractivity contribution in [3.05, 3.63) is 28.8 Å². The fraction of sp³-hybridized carbons (Fsp3) is 0.500. The number of nitrogens with zero attached hydrogens (tertiary/aromatic N) is 1. The molecule has 0 unspecified atom stereocenters. The van der Waals surface area contributed by atoms with Crippen LogP contribution in [0.4, 0.5) is 0 Å². The Kier molecular flexibility index (Phi) is 6.61. The number of hydrogen-bond acceptors (Lipinski definition) is 5. The quantitative estimate of drug-likeness (QED) is 0.776. The minimum Gasteiger partial charge on any atom is -0.449 e. The zero-order valence-corrected chi connectivity index (χ0v) is 16.7. The first kappa shape index (κ1) is 21.4. The number of esters is 1. The molecule has 0 fully saturated rings. The molecule has 9 heteroatoms. The number of nitrogens with one attached hydrogen (secondary N) is 1. The van der Waals surface area contributed by atoms with E-state index in [0.29, 0.717) is 0 Å². The fourth-order valence-electron chi connectivity index (χ4n) is 1.78. The number of hydrogen-bond donors (Lipinski definition) is 1. The zero-order chi connectivity index (χ0) is 19.6. The molecule has 0 aliphatic heterocycles. The van der Waals surface area contributed by atoms with Gasteiger partial charge in [0.1, 0.15) is 0 Å². The fourth-order valence-corrected chi connectivity index (χ4v) is 2.90. The third-order valence-corrected chi connectivity index (χ3v) is 5.23. The van der Waals surface area contributed by atoms with Gasteiger partial charge in [-0.1, -0.05) is 11.6 Å². The summed E-state index contributed by atoms with van der Waals surface area (Å²) in [4.78, 5) is 24.2. The van der Waals surface area contributed by atoms with Crippen LogP contribution in [0.15, 0.2) is 23.1 Å². The highest BCUT2D eigenvalue weighted by atomic mass is 35.5. The number of amides is 1. The van der Waals surface area contributed by atoms with Gasteiger partial charge in [0, 0.05) is 19.6 Å². The van der Waals surface area contributed by atoms with E-state index >= 15 is 0 Å². The number of sulfonamides is 1. The average Bonchev–Trinajstić information content (AvgIpc) is 2.45. The molecule has 0 aliphatic rings. The van der Waals surface area contributed by atoms with Crippen molar-refractivity contribution in [2.45, 2.75) is 44.2 Å². The topological polar surface area (TPSA) is 92.8 Å². The smallest absolute Gasteiger partial charge is 0.340 e. The van der Waals surface area contributed by atoms with E-state index in [-0.39, 0.29) is 15.5 Å². The molecular weight excluding hydrogens is 368 g/mol. The van der Waals surface area contributed by atoms with Crippen LogP contribution in [0.25, 0.3) is 0 Å². The number of halogens is 1. The highest BCUT2D eigenvalue weighted by Crippen LogP contribution is 2.23. The highest BCUT2D eigenvalue weighted by Gasteiger charge is 2.25. The van der Waals surface area contributed by atoms with Crippen LogP contribution < -0.4 is 5.32 Å². The minimum absolute atomic E-state index is 0.0335. The highest BCUT2D eigenvalue weighted by molar-refractivity contribution is 7.89. The van der Waals surface area contributed by atoms with Crippen molar-refractivity contribution in [3.63, 3.8) is 0 Å². The predicted molar refractivity (Wildman–Crippen MR) is 95.1 cm³/mol. The second kappa shape index (κ2) is 7.72. The van der Waals surface area contributed by atoms with Crippen molar-refractivity contribution in [2.24, 2.45) is 0 Å². The largest absolute Gasteiger partial charge is 0.449 e. The van der Waals surface area contributed by atoms with E-state index in [1.807, 2.05) is 0 Å². The summed E-state index contributed by atoms with van der Waals surface area (Å²) in [6.45, 7) is 6.82. The zero-order valence-electron chi connectivity index (χ0n) is 15.1. The molecule has 1 amide bonds. The summed E-state index contributed by atoms with van der Waals surface area (Å²) in [5, 5.41) is 2.72. The van der Waals surface area contributed by atoms with Crippen molar-refractivity contribution in [3.8, 4) is 0 Å². The Morgan fingerprint density at radius 3 is 2.28 bits per heavy atom. The molecule has 140 valence electrons. The van der Waals surface area contributed by atoms with Crippen molar-refractivity contribution in [1.29, 1.82) is 0 Å². The normalized spacial score (nSPS) is 13.4. The molecule has 1 atom stereocenters. The van der Waals surface area contributed by atoms with E-state index in [0.717, 1.165) is 10.4 Å². The van der Waals surface area contributed by atoms with Crippen LogP contribution in [-0.2, 0) is 19.6 Å². The summed E-state index contributed by atoms with van der Waals surface area (Å²) in [6.07, 6.45) is -1.06. The molecule has 0 saturated heterocycles. The lowest BCUT2D eigenvalue weighted by Crippen LogP contribution is -2.46. The van der Waals surface area contributed by atoms with E-state index in [9.17, 15) is 18.0 Å². The molecule has 0 aliphatic carbocycles. The van der Waals surface area contributed by atoms with Crippen LogP contribution >= 0.6 is 11.6 Å². The van der Waals surface area contributed by atoms with Gasteiger partial charge in [-0.15, -0.1) is 0 Å². The molecule has 0 heterocycles. The maximum atomic E-state index is 12.3. The maximum absolute atomic E-state index is 12.3. The molecule has 0 spiro atoms. The average molecular weight is 391 g/mol. The molecule has 0 bridgehead atoms. The van der Waals surface area contributed by atoms with Gasteiger partial charge in [0.05, 0.1) is 15.5 Å². The Labute approximate surface area is 153 Å². The number of ether oxygens (including phenoxy) is 1. The first-order valence-electron chi connectivity index (χ1n) is 7.51. The summed E-state index contributed by atoms with van der Waals surface area (Å²) < 4.78 is 30.5. The first-order valence-corrected chi connectivity index (χ1v) is 9.32. The molecule has 0 saturated carbocycles. The van der Waals surface area contributed by atoms with Crippen molar-refractivity contribution in [2.75, 3.05) is 14.1 Å². The predicted octanol–water partition coefficient (Wildman–Crippen LogP) is 2.05. The SMILES string of the molecule is C[C@@H](OC(=O)c1cc(S(=O)(=O)N(C)C)ccc1Cl)C(=O)NC(C)(C)C. The van der Waals surface area contributed by atoms with E-state index in [1.165, 1.54) is 33.2 Å². The minimum atomic E-state index is -3.73. The molecule has 25 heavy (non-hydrogen) atoms. The lowest BCUT2D eigenvalue weighted by Gasteiger charge is -2.23. The number of benzene rings is 1. The number of carbonyl (C=O) groups is 2. The molecule has 7 nitrogen and oxygen atoms in total. The third-order valence-electron chi connectivity index (χ3n) is 3.09. The molecule has 1 N–H and O–H groups in total. The number of carbonyl (C=O) groups excluding carboxylic acids is 2. The van der Waals surface area contributed by atoms with Gasteiger partial charge in [-0.3, -0.25) is 4.79 Å². The summed E-state index contributed by atoms with van der Waals surface area (Å²) in [7, 11) is -0.979. The Morgan fingerprint density at radius 1 is 1.24 bits per heavy atom. The van der Waals surface area contributed by atoms with Gasteiger partial charge < -0.3 is 10.1 Å². The van der Waals surface area contributed by atoms with Gasteiger partial charge in [0.25, 0.3) is 5.91 Å². The van der Waals surface area contributed by atoms with Gasteiger partial charge in [-0.2, -0.15) is 0 Å². The van der Waals surface area contributed by atoms with Crippen LogP contribution in [0.3, 0.4) is 0 Å². The Hall–Kier alpha value is -1.64. The molecule has 0 aromatic heterocycles. The summed E-state index contributed by atoms with van der Waals surface area (Å²) in [5.74, 6) is -1.34. The Balaban J connectivity index is 3.05. The summed E-state index contributed by atoms with van der Waals surface area (Å²) in [6, 6.07) is 3.73. The van der Waals surface area contributed by atoms with E-state index in [4.69, 9.17) is 16.3 Å². The van der Waals surface area contributed by atoms with Crippen LogP contribution in [0.5, 0.6) is 0 Å². The van der Waals surface area contributed by atoms with Crippen LogP contribution in [-0.4, -0.2) is 50.3 Å². The Morgan fingerprint density at radius 2 is 1.80 bits per heavy atom. The van der Waals surface area contributed by atoms with Crippen LogP contribution in [0.1, 0.15) is 38.1 Å². The molecule has 1 aromatic carbocycles. The van der Waals surface area contributed by atoms with Gasteiger partial charge >= 0.3 is 5.97 Å². The van der Waals surface area contributed by atoms with Crippen molar-refractivity contribution in [1.82, 2.24) is 9.62 Å². The maximum Gasteiger partial charge on any atom is 0.340 e. The third kappa shape index (κ3) is 5.69. The molecule has 1 aromatic rings. The molecular formula is C16H23ClN2O5S. The lowest BCUT2D eigenvalue weighted by molar-refractivity contribution is -0.130. The molecule has 0 radical (unpaired) electrons. The van der Waals surface area contributed by atoms with E-state index < -0.39 is 33.5 Å². The van der Waals surface area contributed by atoms with Crippen LogP contribution in [0, 0.1) is 0 Å². The molecule has 1 rings (SSSR count). The van der Waals surface area contributed by atoms with E-state index in [2.05, 4.69) is 5.32 Å². The Bertz CT molecular complexity index is 769. The van der Waals surface area contributed by atoms with Gasteiger partial charge in [-0.25, -0.2) is 17.5 Å². The second-order valence-electron chi connectivity index (χ2n) is 6.72. The summed E-state index contributed by atoms with van der Waals surface area (Å²) >= 11 is 5.98. The van der Waals surface area contributed by atoms with Gasteiger partial charge in [-0.05, 0) is 45.9 Å².